The number of aromatic nitrogens is 3. The average molecular weight is 439 g/mol. The average Bonchev–Trinajstić information content (AvgIpc) is 3.57. The first-order valence-corrected chi connectivity index (χ1v) is 11.6. The van der Waals surface area contributed by atoms with E-state index in [9.17, 15) is 4.79 Å². The first-order valence-electron chi connectivity index (χ1n) is 11.6. The maximum atomic E-state index is 12.9. The van der Waals surface area contributed by atoms with Crippen LogP contribution in [0.4, 0.5) is 0 Å². The molecule has 0 aliphatic carbocycles. The van der Waals surface area contributed by atoms with E-state index in [-0.39, 0.29) is 11.8 Å². The van der Waals surface area contributed by atoms with E-state index >= 15 is 0 Å². The highest BCUT2D eigenvalue weighted by Gasteiger charge is 2.31. The summed E-state index contributed by atoms with van der Waals surface area (Å²) in [6.07, 6.45) is 5.97. The molecule has 4 heterocycles. The van der Waals surface area contributed by atoms with Crippen molar-refractivity contribution in [2.45, 2.75) is 38.0 Å². The van der Waals surface area contributed by atoms with Crippen LogP contribution in [0, 0.1) is 5.92 Å². The number of carbonyl (C=O) groups excluding carboxylic acids is 1. The van der Waals surface area contributed by atoms with Crippen molar-refractivity contribution in [2.24, 2.45) is 5.92 Å². The van der Waals surface area contributed by atoms with Crippen LogP contribution in [-0.4, -0.2) is 65.4 Å². The molecule has 0 bridgehead atoms. The van der Waals surface area contributed by atoms with Gasteiger partial charge in [0, 0.05) is 56.4 Å². The molecule has 2 saturated heterocycles. The van der Waals surface area contributed by atoms with E-state index in [1.54, 1.807) is 0 Å². The van der Waals surface area contributed by atoms with Crippen molar-refractivity contribution in [3.63, 3.8) is 0 Å². The van der Waals surface area contributed by atoms with E-state index < -0.39 is 0 Å². The molecule has 32 heavy (non-hydrogen) atoms. The second-order valence-corrected chi connectivity index (χ2v) is 8.79. The molecule has 170 valence electrons. The lowest BCUT2D eigenvalue weighted by Gasteiger charge is -2.21. The fraction of sp³-hybridized carbons (Fsp3) is 0.542. The molecule has 8 heteroatoms. The number of likely N-dealkylation sites (tertiary alicyclic amines) is 1. The molecule has 2 aromatic heterocycles. The van der Waals surface area contributed by atoms with E-state index in [1.165, 1.54) is 0 Å². The maximum absolute atomic E-state index is 12.9. The van der Waals surface area contributed by atoms with Gasteiger partial charge in [-0.15, -0.1) is 0 Å². The van der Waals surface area contributed by atoms with Gasteiger partial charge < -0.3 is 23.9 Å². The third-order valence-corrected chi connectivity index (χ3v) is 6.56. The number of para-hydroxylation sites is 1. The Morgan fingerprint density at radius 1 is 1.22 bits per heavy atom. The SMILES string of the molecule is O=C(Cc1c[nH]c2ccccc12)N1CCC(c2nc(CCOCC3CCOCC3)no2)C1. The predicted molar refractivity (Wildman–Crippen MR) is 118 cm³/mol. The van der Waals surface area contributed by atoms with Crippen LogP contribution in [0.3, 0.4) is 0 Å². The van der Waals surface area contributed by atoms with E-state index in [1.807, 2.05) is 29.3 Å². The summed E-state index contributed by atoms with van der Waals surface area (Å²) in [6.45, 7) is 4.39. The summed E-state index contributed by atoms with van der Waals surface area (Å²) in [4.78, 5) is 22.6. The van der Waals surface area contributed by atoms with Crippen LogP contribution < -0.4 is 0 Å². The van der Waals surface area contributed by atoms with E-state index in [2.05, 4.69) is 21.2 Å². The zero-order valence-corrected chi connectivity index (χ0v) is 18.3. The van der Waals surface area contributed by atoms with Gasteiger partial charge in [0.2, 0.25) is 11.8 Å². The number of nitrogens with zero attached hydrogens (tertiary/aromatic N) is 3. The summed E-state index contributed by atoms with van der Waals surface area (Å²) >= 11 is 0. The van der Waals surface area contributed by atoms with Gasteiger partial charge in [-0.2, -0.15) is 4.98 Å². The van der Waals surface area contributed by atoms with Gasteiger partial charge in [-0.1, -0.05) is 23.4 Å². The molecule has 1 atom stereocenters. The van der Waals surface area contributed by atoms with Crippen molar-refractivity contribution < 1.29 is 18.8 Å². The van der Waals surface area contributed by atoms with Gasteiger partial charge in [0.25, 0.3) is 0 Å². The predicted octanol–water partition coefficient (Wildman–Crippen LogP) is 3.10. The molecule has 1 amide bonds. The van der Waals surface area contributed by atoms with Gasteiger partial charge in [-0.05, 0) is 36.8 Å². The molecule has 2 aliphatic rings. The minimum Gasteiger partial charge on any atom is -0.381 e. The summed E-state index contributed by atoms with van der Waals surface area (Å²) in [6, 6.07) is 8.07. The normalized spacial score (nSPS) is 19.8. The lowest BCUT2D eigenvalue weighted by molar-refractivity contribution is -0.129. The van der Waals surface area contributed by atoms with Crippen LogP contribution in [-0.2, 0) is 27.1 Å². The highest BCUT2D eigenvalue weighted by Crippen LogP contribution is 2.27. The zero-order chi connectivity index (χ0) is 21.8. The van der Waals surface area contributed by atoms with E-state index in [4.69, 9.17) is 14.0 Å². The second kappa shape index (κ2) is 9.83. The highest BCUT2D eigenvalue weighted by atomic mass is 16.5. The van der Waals surface area contributed by atoms with E-state index in [0.29, 0.717) is 43.6 Å². The molecular weight excluding hydrogens is 408 g/mol. The second-order valence-electron chi connectivity index (χ2n) is 8.79. The minimum absolute atomic E-state index is 0.103. The number of aromatic amines is 1. The number of rotatable bonds is 8. The molecule has 2 fully saturated rings. The van der Waals surface area contributed by atoms with Gasteiger partial charge in [-0.25, -0.2) is 0 Å². The number of fused-ring (bicyclic) bond motifs is 1. The van der Waals surface area contributed by atoms with Gasteiger partial charge in [0.1, 0.15) is 0 Å². The largest absolute Gasteiger partial charge is 0.381 e. The molecule has 1 unspecified atom stereocenters. The number of hydrogen-bond donors (Lipinski definition) is 1. The summed E-state index contributed by atoms with van der Waals surface area (Å²) in [7, 11) is 0. The smallest absolute Gasteiger partial charge is 0.231 e. The summed E-state index contributed by atoms with van der Waals surface area (Å²) in [5.41, 5.74) is 2.10. The topological polar surface area (TPSA) is 93.5 Å². The van der Waals surface area contributed by atoms with Crippen molar-refractivity contribution >= 4 is 16.8 Å². The van der Waals surface area contributed by atoms with Crippen LogP contribution in [0.25, 0.3) is 10.9 Å². The Kier molecular flexibility index (Phi) is 6.50. The Morgan fingerprint density at radius 2 is 2.09 bits per heavy atom. The third-order valence-electron chi connectivity index (χ3n) is 6.56. The standard InChI is InChI=1S/C24H30N4O4/c29-23(13-19-14-25-21-4-2-1-3-20(19)21)28-9-5-18(15-28)24-26-22(27-32-24)8-12-31-16-17-6-10-30-11-7-17/h1-4,14,17-18,25H,5-13,15-16H2. The van der Waals surface area contributed by atoms with Crippen molar-refractivity contribution in [1.29, 1.82) is 0 Å². The number of amides is 1. The van der Waals surface area contributed by atoms with Crippen LogP contribution in [0.1, 0.15) is 42.5 Å². The number of ether oxygens (including phenoxy) is 2. The van der Waals surface area contributed by atoms with Gasteiger partial charge in [0.05, 0.1) is 18.9 Å². The first kappa shape index (κ1) is 21.2. The van der Waals surface area contributed by atoms with Crippen molar-refractivity contribution in [2.75, 3.05) is 39.5 Å². The Hall–Kier alpha value is -2.71. The first-order chi connectivity index (χ1) is 15.8. The molecule has 0 saturated carbocycles. The van der Waals surface area contributed by atoms with Gasteiger partial charge in [0.15, 0.2) is 5.82 Å². The lowest BCUT2D eigenvalue weighted by atomic mass is 10.0. The molecule has 1 aromatic carbocycles. The number of carbonyl (C=O) groups is 1. The van der Waals surface area contributed by atoms with Crippen molar-refractivity contribution in [1.82, 2.24) is 20.0 Å². The molecule has 2 aliphatic heterocycles. The zero-order valence-electron chi connectivity index (χ0n) is 18.3. The quantitative estimate of drug-likeness (QED) is 0.543. The van der Waals surface area contributed by atoms with Crippen molar-refractivity contribution in [3.05, 3.63) is 47.7 Å². The fourth-order valence-electron chi connectivity index (χ4n) is 4.60. The number of benzene rings is 1. The minimum atomic E-state index is 0.103. The molecule has 5 rings (SSSR count). The van der Waals surface area contributed by atoms with Gasteiger partial charge in [-0.3, -0.25) is 4.79 Å². The fourth-order valence-corrected chi connectivity index (χ4v) is 4.60. The van der Waals surface area contributed by atoms with E-state index in [0.717, 1.165) is 62.1 Å². The summed E-state index contributed by atoms with van der Waals surface area (Å²) < 4.78 is 16.7. The number of H-pyrrole nitrogens is 1. The maximum Gasteiger partial charge on any atom is 0.231 e. The molecular formula is C24H30N4O4. The summed E-state index contributed by atoms with van der Waals surface area (Å²) in [5, 5.41) is 5.22. The van der Waals surface area contributed by atoms with Crippen LogP contribution >= 0.6 is 0 Å². The van der Waals surface area contributed by atoms with Gasteiger partial charge >= 0.3 is 0 Å². The summed E-state index contributed by atoms with van der Waals surface area (Å²) in [5.74, 6) is 2.14. The van der Waals surface area contributed by atoms with Crippen LogP contribution in [0.15, 0.2) is 35.0 Å². The molecule has 0 radical (unpaired) electrons. The molecule has 0 spiro atoms. The molecule has 8 nitrogen and oxygen atoms in total. The highest BCUT2D eigenvalue weighted by molar-refractivity contribution is 5.89. The Balaban J connectivity index is 1.09. The Bertz CT molecular complexity index is 1040. The number of hydrogen-bond acceptors (Lipinski definition) is 6. The van der Waals surface area contributed by atoms with Crippen LogP contribution in [0.2, 0.25) is 0 Å². The van der Waals surface area contributed by atoms with Crippen molar-refractivity contribution in [3.8, 4) is 0 Å². The Labute approximate surface area is 187 Å². The number of nitrogens with one attached hydrogen (secondary N) is 1. The Morgan fingerprint density at radius 3 is 3.00 bits per heavy atom. The molecule has 3 aromatic rings. The van der Waals surface area contributed by atoms with Crippen LogP contribution in [0.5, 0.6) is 0 Å². The third kappa shape index (κ3) is 4.86. The monoisotopic (exact) mass is 438 g/mol. The lowest BCUT2D eigenvalue weighted by Crippen LogP contribution is -2.29. The molecule has 1 N–H and O–H groups in total.